The predicted molar refractivity (Wildman–Crippen MR) is 108 cm³/mol. The van der Waals surface area contributed by atoms with Gasteiger partial charge in [0.05, 0.1) is 15.6 Å². The van der Waals surface area contributed by atoms with Crippen molar-refractivity contribution >= 4 is 55.5 Å². The molecule has 2 aromatic heterocycles. The highest BCUT2D eigenvalue weighted by Crippen LogP contribution is 2.33. The van der Waals surface area contributed by atoms with Gasteiger partial charge in [-0.25, -0.2) is 17.7 Å². The van der Waals surface area contributed by atoms with E-state index in [2.05, 4.69) is 14.8 Å². The van der Waals surface area contributed by atoms with Gasteiger partial charge in [-0.15, -0.1) is 16.4 Å². The first-order valence-electron chi connectivity index (χ1n) is 7.73. The molecule has 6 nitrogen and oxygen atoms in total. The Morgan fingerprint density at radius 2 is 1.85 bits per heavy atom. The molecule has 1 N–H and O–H groups in total. The zero-order valence-electron chi connectivity index (χ0n) is 13.8. The number of rotatable bonds is 4. The Kier molecular flexibility index (Phi) is 4.59. The maximum Gasteiger partial charge on any atom is 0.264 e. The summed E-state index contributed by atoms with van der Waals surface area (Å²) in [5.74, 6) is -0.00578. The quantitative estimate of drug-likeness (QED) is 0.492. The van der Waals surface area contributed by atoms with Crippen LogP contribution in [0, 0.1) is 6.92 Å². The van der Waals surface area contributed by atoms with Gasteiger partial charge in [-0.1, -0.05) is 40.9 Å². The molecule has 4 aromatic rings. The molecular formula is C17H12Cl2N4O2S2. The number of fused-ring (bicyclic) bond motifs is 1. The lowest BCUT2D eigenvalue weighted by atomic mass is 10.2. The number of hydrogen-bond acceptors (Lipinski definition) is 5. The lowest BCUT2D eigenvalue weighted by Crippen LogP contribution is -2.14. The van der Waals surface area contributed by atoms with Crippen LogP contribution in [0.5, 0.6) is 0 Å². The monoisotopic (exact) mass is 438 g/mol. The van der Waals surface area contributed by atoms with E-state index in [-0.39, 0.29) is 10.8 Å². The Bertz CT molecular complexity index is 1250. The number of nitrogens with zero attached hydrogens (tertiary/aromatic N) is 3. The molecule has 0 fully saturated rings. The second-order valence-electron chi connectivity index (χ2n) is 5.79. The molecule has 27 heavy (non-hydrogen) atoms. The Balaban J connectivity index is 1.71. The average Bonchev–Trinajstić information content (AvgIpc) is 3.15. The van der Waals surface area contributed by atoms with E-state index < -0.39 is 10.0 Å². The van der Waals surface area contributed by atoms with Crippen molar-refractivity contribution in [3.05, 3.63) is 63.5 Å². The van der Waals surface area contributed by atoms with Gasteiger partial charge in [0, 0.05) is 16.0 Å². The number of nitrogens with one attached hydrogen (secondary N) is 1. The third-order valence-electron chi connectivity index (χ3n) is 3.85. The zero-order chi connectivity index (χ0) is 19.2. The molecule has 10 heteroatoms. The van der Waals surface area contributed by atoms with E-state index >= 15 is 0 Å². The smallest absolute Gasteiger partial charge is 0.246 e. The van der Waals surface area contributed by atoms with Crippen molar-refractivity contribution in [1.29, 1.82) is 0 Å². The van der Waals surface area contributed by atoms with Gasteiger partial charge in [-0.3, -0.25) is 0 Å². The van der Waals surface area contributed by atoms with Gasteiger partial charge < -0.3 is 0 Å². The number of hydrogen-bond donors (Lipinski definition) is 1. The van der Waals surface area contributed by atoms with Crippen LogP contribution < -0.4 is 4.72 Å². The Morgan fingerprint density at radius 1 is 1.11 bits per heavy atom. The van der Waals surface area contributed by atoms with Crippen LogP contribution in [0.4, 0.5) is 5.95 Å². The summed E-state index contributed by atoms with van der Waals surface area (Å²) in [6.45, 7) is 1.89. The Hall–Kier alpha value is -2.13. The standard InChI is InChI=1S/C17H12Cl2N4O2S2/c1-10-2-5-12(6-3-10)27(24,25)22-16-20-17-23(21-16)15(9-26-17)13-7-4-11(18)8-14(13)19/h2-9H,1H3,(H,21,22). The lowest BCUT2D eigenvalue weighted by Gasteiger charge is -2.05. The van der Waals surface area contributed by atoms with Crippen molar-refractivity contribution in [2.75, 3.05) is 4.72 Å². The summed E-state index contributed by atoms with van der Waals surface area (Å²) in [7, 11) is -3.77. The van der Waals surface area contributed by atoms with Gasteiger partial charge >= 0.3 is 0 Å². The number of aryl methyl sites for hydroxylation is 1. The van der Waals surface area contributed by atoms with Crippen molar-refractivity contribution < 1.29 is 8.42 Å². The number of anilines is 1. The maximum atomic E-state index is 12.5. The van der Waals surface area contributed by atoms with Gasteiger partial charge in [0.1, 0.15) is 0 Å². The number of halogens is 2. The molecule has 2 aromatic carbocycles. The molecule has 0 aliphatic heterocycles. The van der Waals surface area contributed by atoms with Gasteiger partial charge in [-0.2, -0.15) is 4.98 Å². The predicted octanol–water partition coefficient (Wildman–Crippen LogP) is 4.87. The van der Waals surface area contributed by atoms with Crippen LogP contribution in [0.2, 0.25) is 10.0 Å². The molecule has 0 atom stereocenters. The summed E-state index contributed by atoms with van der Waals surface area (Å²) in [5, 5.41) is 7.12. The minimum Gasteiger partial charge on any atom is -0.246 e. The molecule has 138 valence electrons. The number of thiazole rings is 1. The first-order chi connectivity index (χ1) is 12.8. The van der Waals surface area contributed by atoms with Crippen LogP contribution in [-0.4, -0.2) is 23.0 Å². The van der Waals surface area contributed by atoms with Crippen molar-refractivity contribution in [3.8, 4) is 11.3 Å². The molecule has 2 heterocycles. The summed E-state index contributed by atoms with van der Waals surface area (Å²) in [6.07, 6.45) is 0. The second kappa shape index (κ2) is 6.79. The summed E-state index contributed by atoms with van der Waals surface area (Å²) < 4.78 is 29.0. The topological polar surface area (TPSA) is 76.4 Å². The van der Waals surface area contributed by atoms with Crippen LogP contribution in [0.25, 0.3) is 16.2 Å². The normalized spacial score (nSPS) is 11.8. The number of sulfonamides is 1. The lowest BCUT2D eigenvalue weighted by molar-refractivity contribution is 0.601. The summed E-state index contributed by atoms with van der Waals surface area (Å²) in [6, 6.07) is 11.7. The molecule has 0 saturated heterocycles. The average molecular weight is 439 g/mol. The molecule has 0 saturated carbocycles. The van der Waals surface area contributed by atoms with Gasteiger partial charge in [0.2, 0.25) is 4.96 Å². The second-order valence-corrected chi connectivity index (χ2v) is 9.16. The third kappa shape index (κ3) is 3.53. The Labute approximate surface area is 169 Å². The highest BCUT2D eigenvalue weighted by Gasteiger charge is 2.19. The summed E-state index contributed by atoms with van der Waals surface area (Å²) in [5.41, 5.74) is 2.40. The van der Waals surface area contributed by atoms with E-state index in [1.165, 1.54) is 23.5 Å². The van der Waals surface area contributed by atoms with Crippen LogP contribution in [0.15, 0.2) is 52.7 Å². The van der Waals surface area contributed by atoms with Crippen LogP contribution in [0.1, 0.15) is 5.56 Å². The van der Waals surface area contributed by atoms with Crippen LogP contribution in [0.3, 0.4) is 0 Å². The molecule has 4 rings (SSSR count). The van der Waals surface area contributed by atoms with E-state index in [0.717, 1.165) is 11.1 Å². The van der Waals surface area contributed by atoms with Crippen LogP contribution in [-0.2, 0) is 10.0 Å². The summed E-state index contributed by atoms with van der Waals surface area (Å²) >= 11 is 13.6. The molecule has 0 spiro atoms. The minimum atomic E-state index is -3.77. The maximum absolute atomic E-state index is 12.5. The van der Waals surface area contributed by atoms with Crippen LogP contribution >= 0.6 is 34.5 Å². The fourth-order valence-corrected chi connectivity index (χ4v) is 4.77. The fraction of sp³-hybridized carbons (Fsp3) is 0.0588. The van der Waals surface area contributed by atoms with Gasteiger partial charge in [0.25, 0.3) is 16.0 Å². The molecule has 0 amide bonds. The van der Waals surface area contributed by atoms with E-state index in [1.807, 2.05) is 12.3 Å². The zero-order valence-corrected chi connectivity index (χ0v) is 17.0. The van der Waals surface area contributed by atoms with Crippen molar-refractivity contribution in [1.82, 2.24) is 14.6 Å². The highest BCUT2D eigenvalue weighted by molar-refractivity contribution is 7.92. The molecule has 0 aliphatic carbocycles. The van der Waals surface area contributed by atoms with Crippen molar-refractivity contribution in [2.24, 2.45) is 0 Å². The fourth-order valence-electron chi connectivity index (χ4n) is 2.50. The summed E-state index contributed by atoms with van der Waals surface area (Å²) in [4.78, 5) is 4.93. The highest BCUT2D eigenvalue weighted by atomic mass is 35.5. The minimum absolute atomic E-state index is 0.00578. The van der Waals surface area contributed by atoms with Crippen molar-refractivity contribution in [3.63, 3.8) is 0 Å². The molecule has 0 bridgehead atoms. The molecule has 0 unspecified atom stereocenters. The molecule has 0 radical (unpaired) electrons. The Morgan fingerprint density at radius 3 is 2.56 bits per heavy atom. The first-order valence-corrected chi connectivity index (χ1v) is 10.8. The number of aromatic nitrogens is 3. The largest absolute Gasteiger partial charge is 0.264 e. The third-order valence-corrected chi connectivity index (χ3v) is 6.55. The van der Waals surface area contributed by atoms with Gasteiger partial charge in [-0.05, 0) is 37.3 Å². The van der Waals surface area contributed by atoms with E-state index in [0.29, 0.717) is 20.7 Å². The van der Waals surface area contributed by atoms with E-state index in [1.54, 1.807) is 34.8 Å². The first kappa shape index (κ1) is 18.2. The van der Waals surface area contributed by atoms with E-state index in [9.17, 15) is 8.42 Å². The van der Waals surface area contributed by atoms with Crippen molar-refractivity contribution in [2.45, 2.75) is 11.8 Å². The van der Waals surface area contributed by atoms with Gasteiger partial charge in [0.15, 0.2) is 0 Å². The SMILES string of the molecule is Cc1ccc(S(=O)(=O)Nc2nc3scc(-c4ccc(Cl)cc4Cl)n3n2)cc1. The molecular weight excluding hydrogens is 427 g/mol. The number of benzene rings is 2. The van der Waals surface area contributed by atoms with E-state index in [4.69, 9.17) is 23.2 Å². The molecule has 0 aliphatic rings.